The lowest BCUT2D eigenvalue weighted by atomic mass is 10.0. The lowest BCUT2D eigenvalue weighted by Crippen LogP contribution is -2.30. The van der Waals surface area contributed by atoms with Gasteiger partial charge in [0, 0.05) is 22.2 Å². The monoisotopic (exact) mass is 383 g/mol. The lowest BCUT2D eigenvalue weighted by Gasteiger charge is -2.20. The van der Waals surface area contributed by atoms with Crippen molar-refractivity contribution in [2.24, 2.45) is 0 Å². The summed E-state index contributed by atoms with van der Waals surface area (Å²) in [7, 11) is 0. The van der Waals surface area contributed by atoms with E-state index in [-0.39, 0.29) is 35.2 Å². The van der Waals surface area contributed by atoms with Crippen LogP contribution >= 0.6 is 23.2 Å². The first-order valence-corrected chi connectivity index (χ1v) is 8.49. The molecule has 2 rings (SSSR count). The number of hydrogen-bond acceptors (Lipinski definition) is 4. The van der Waals surface area contributed by atoms with Gasteiger partial charge in [-0.15, -0.1) is 0 Å². The summed E-state index contributed by atoms with van der Waals surface area (Å²) in [6.07, 6.45) is -2.86. The van der Waals surface area contributed by atoms with Crippen LogP contribution in [0.1, 0.15) is 23.7 Å². The summed E-state index contributed by atoms with van der Waals surface area (Å²) in [5, 5.41) is 23.4. The number of hydrogen-bond donors (Lipinski definition) is 3. The first-order chi connectivity index (χ1) is 12.0. The predicted octanol–water partition coefficient (Wildman–Crippen LogP) is 3.70. The molecule has 7 heteroatoms. The summed E-state index contributed by atoms with van der Waals surface area (Å²) in [4.78, 5) is 11.6. The Labute approximate surface area is 156 Å². The van der Waals surface area contributed by atoms with E-state index in [1.807, 2.05) is 30.3 Å². The second kappa shape index (κ2) is 9.63. The highest BCUT2D eigenvalue weighted by molar-refractivity contribution is 6.36. The summed E-state index contributed by atoms with van der Waals surface area (Å²) >= 11 is 12.0. The van der Waals surface area contributed by atoms with Crippen LogP contribution in [0.3, 0.4) is 0 Å². The number of amides is 1. The fourth-order valence-corrected chi connectivity index (χ4v) is 2.86. The molecule has 0 spiro atoms. The van der Waals surface area contributed by atoms with Crippen molar-refractivity contribution in [3.63, 3.8) is 0 Å². The number of halogens is 2. The van der Waals surface area contributed by atoms with Gasteiger partial charge in [-0.1, -0.05) is 59.6 Å². The van der Waals surface area contributed by atoms with Gasteiger partial charge in [-0.3, -0.25) is 0 Å². The van der Waals surface area contributed by atoms with Crippen molar-refractivity contribution in [1.29, 1.82) is 0 Å². The Hall–Kier alpha value is -1.79. The van der Waals surface area contributed by atoms with Gasteiger partial charge in [0.2, 0.25) is 0 Å². The van der Waals surface area contributed by atoms with Crippen LogP contribution in [0.5, 0.6) is 0 Å². The Morgan fingerprint density at radius 1 is 1.04 bits per heavy atom. The third-order valence-corrected chi connectivity index (χ3v) is 4.24. The number of carbonyl (C=O) groups is 1. The van der Waals surface area contributed by atoms with Crippen LogP contribution in [0.25, 0.3) is 0 Å². The highest BCUT2D eigenvalue weighted by Gasteiger charge is 2.23. The number of ether oxygens (including phenoxy) is 1. The van der Waals surface area contributed by atoms with Gasteiger partial charge in [-0.05, 0) is 24.1 Å². The molecule has 2 atom stereocenters. The molecule has 1 amide bonds. The van der Waals surface area contributed by atoms with Crippen molar-refractivity contribution < 1.29 is 19.7 Å². The topological polar surface area (TPSA) is 78.8 Å². The predicted molar refractivity (Wildman–Crippen MR) is 96.7 cm³/mol. The van der Waals surface area contributed by atoms with Gasteiger partial charge in [-0.25, -0.2) is 4.79 Å². The molecule has 0 bridgehead atoms. The molecule has 0 fully saturated rings. The fraction of sp³-hybridized carbons (Fsp3) is 0.278. The molecule has 2 unspecified atom stereocenters. The largest absolute Gasteiger partial charge is 0.445 e. The molecule has 3 N–H and O–H groups in total. The van der Waals surface area contributed by atoms with E-state index in [1.54, 1.807) is 18.2 Å². The fourth-order valence-electron chi connectivity index (χ4n) is 2.24. The molecular formula is C18H19Cl2NO4. The molecule has 0 heterocycles. The van der Waals surface area contributed by atoms with E-state index < -0.39 is 18.3 Å². The second-order valence-corrected chi connectivity index (χ2v) is 6.24. The average molecular weight is 384 g/mol. The number of alkyl carbamates (subject to hydrolysis) is 1. The summed E-state index contributed by atoms with van der Waals surface area (Å²) in [6.45, 7) is 0.293. The first kappa shape index (κ1) is 19.5. The number of benzene rings is 2. The van der Waals surface area contributed by atoms with Crippen molar-refractivity contribution in [3.05, 3.63) is 69.7 Å². The van der Waals surface area contributed by atoms with Gasteiger partial charge in [0.25, 0.3) is 0 Å². The molecule has 0 radical (unpaired) electrons. The number of nitrogens with one attached hydrogen (secondary N) is 1. The zero-order valence-electron chi connectivity index (χ0n) is 13.4. The molecule has 5 nitrogen and oxygen atoms in total. The van der Waals surface area contributed by atoms with Crippen molar-refractivity contribution in [3.8, 4) is 0 Å². The standard InChI is InChI=1S/C18H19Cl2NO4/c19-13-7-4-8-14(20)16(13)17(23)15(22)9-10-21-18(24)25-11-12-5-2-1-3-6-12/h1-8,15,17,22-23H,9-11H2,(H,21,24). The Kier molecular flexibility index (Phi) is 7.52. The Balaban J connectivity index is 1.76. The van der Waals surface area contributed by atoms with Gasteiger partial charge in [0.15, 0.2) is 0 Å². The van der Waals surface area contributed by atoms with Gasteiger partial charge in [0.1, 0.15) is 12.7 Å². The molecule has 134 valence electrons. The summed E-state index contributed by atoms with van der Waals surface area (Å²) in [6, 6.07) is 14.1. The van der Waals surface area contributed by atoms with E-state index >= 15 is 0 Å². The molecule has 0 aromatic heterocycles. The molecule has 2 aromatic rings. The quantitative estimate of drug-likeness (QED) is 0.680. The number of aliphatic hydroxyl groups excluding tert-OH is 2. The van der Waals surface area contributed by atoms with Crippen LogP contribution in [-0.2, 0) is 11.3 Å². The number of carbonyl (C=O) groups excluding carboxylic acids is 1. The lowest BCUT2D eigenvalue weighted by molar-refractivity contribution is 0.0137. The summed E-state index contributed by atoms with van der Waals surface area (Å²) in [5.74, 6) is 0. The molecule has 0 aliphatic carbocycles. The smallest absolute Gasteiger partial charge is 0.407 e. The van der Waals surface area contributed by atoms with Crippen LogP contribution in [0.4, 0.5) is 4.79 Å². The summed E-state index contributed by atoms with van der Waals surface area (Å²) < 4.78 is 5.06. The van der Waals surface area contributed by atoms with Gasteiger partial charge in [-0.2, -0.15) is 0 Å². The first-order valence-electron chi connectivity index (χ1n) is 7.73. The van der Waals surface area contributed by atoms with E-state index in [9.17, 15) is 15.0 Å². The van der Waals surface area contributed by atoms with Crippen LogP contribution < -0.4 is 5.32 Å². The molecule has 25 heavy (non-hydrogen) atoms. The van der Waals surface area contributed by atoms with Crippen LogP contribution in [0.2, 0.25) is 10.0 Å². The second-order valence-electron chi connectivity index (χ2n) is 5.42. The van der Waals surface area contributed by atoms with Crippen molar-refractivity contribution in [2.45, 2.75) is 25.2 Å². The third kappa shape index (κ3) is 5.90. The minimum Gasteiger partial charge on any atom is -0.445 e. The van der Waals surface area contributed by atoms with E-state index in [2.05, 4.69) is 5.32 Å². The van der Waals surface area contributed by atoms with E-state index in [1.165, 1.54) is 0 Å². The highest BCUT2D eigenvalue weighted by Crippen LogP contribution is 2.32. The molecule has 0 saturated carbocycles. The van der Waals surface area contributed by atoms with Crippen LogP contribution in [0.15, 0.2) is 48.5 Å². The molecule has 2 aromatic carbocycles. The van der Waals surface area contributed by atoms with Crippen LogP contribution in [0, 0.1) is 0 Å². The molecule has 0 saturated heterocycles. The maximum Gasteiger partial charge on any atom is 0.407 e. The van der Waals surface area contributed by atoms with Gasteiger partial charge in [0.05, 0.1) is 6.10 Å². The Morgan fingerprint density at radius 2 is 1.68 bits per heavy atom. The minimum atomic E-state index is -1.25. The molecular weight excluding hydrogens is 365 g/mol. The molecule has 0 aliphatic rings. The average Bonchev–Trinajstić information content (AvgIpc) is 2.60. The Bertz CT molecular complexity index is 676. The maximum absolute atomic E-state index is 11.6. The van der Waals surface area contributed by atoms with Crippen molar-refractivity contribution in [1.82, 2.24) is 5.32 Å². The van der Waals surface area contributed by atoms with Gasteiger partial charge < -0.3 is 20.3 Å². The minimum absolute atomic E-state index is 0.114. The van der Waals surface area contributed by atoms with Crippen molar-refractivity contribution >= 4 is 29.3 Å². The maximum atomic E-state index is 11.6. The normalized spacial score (nSPS) is 13.1. The van der Waals surface area contributed by atoms with E-state index in [0.717, 1.165) is 5.56 Å². The van der Waals surface area contributed by atoms with E-state index in [4.69, 9.17) is 27.9 Å². The highest BCUT2D eigenvalue weighted by atomic mass is 35.5. The zero-order valence-corrected chi connectivity index (χ0v) is 14.9. The summed E-state index contributed by atoms with van der Waals surface area (Å²) in [5.41, 5.74) is 1.14. The Morgan fingerprint density at radius 3 is 2.32 bits per heavy atom. The van der Waals surface area contributed by atoms with Gasteiger partial charge >= 0.3 is 6.09 Å². The van der Waals surface area contributed by atoms with Crippen LogP contribution in [-0.4, -0.2) is 29.0 Å². The molecule has 0 aliphatic heterocycles. The number of rotatable bonds is 7. The zero-order chi connectivity index (χ0) is 18.2. The van der Waals surface area contributed by atoms with E-state index in [0.29, 0.717) is 0 Å². The third-order valence-electron chi connectivity index (χ3n) is 3.58. The SMILES string of the molecule is O=C(NCCC(O)C(O)c1c(Cl)cccc1Cl)OCc1ccccc1. The van der Waals surface area contributed by atoms with Crippen molar-refractivity contribution in [2.75, 3.05) is 6.54 Å². The number of aliphatic hydroxyl groups is 2.